The number of hydrogen-bond donors (Lipinski definition) is 1. The van der Waals surface area contributed by atoms with Crippen LogP contribution in [0.15, 0.2) is 54.6 Å². The molecule has 1 atom stereocenters. The molecule has 27 heavy (non-hydrogen) atoms. The lowest BCUT2D eigenvalue weighted by Gasteiger charge is -2.25. The topological polar surface area (TPSA) is 49.4 Å². The van der Waals surface area contributed by atoms with Crippen LogP contribution < -0.4 is 10.2 Å². The first-order chi connectivity index (χ1) is 13.2. The number of anilines is 1. The van der Waals surface area contributed by atoms with Crippen molar-refractivity contribution in [2.75, 3.05) is 11.4 Å². The van der Waals surface area contributed by atoms with Crippen molar-refractivity contribution in [3.05, 3.63) is 71.3 Å². The Labute approximate surface area is 159 Å². The highest BCUT2D eigenvalue weighted by Gasteiger charge is 2.21. The Morgan fingerprint density at radius 3 is 2.56 bits per heavy atom. The molecule has 2 aromatic carbocycles. The Balaban J connectivity index is 1.33. The van der Waals surface area contributed by atoms with Gasteiger partial charge in [-0.05, 0) is 60.6 Å². The van der Waals surface area contributed by atoms with Gasteiger partial charge in [-0.3, -0.25) is 9.59 Å². The second kappa shape index (κ2) is 7.78. The summed E-state index contributed by atoms with van der Waals surface area (Å²) < 4.78 is 0. The monoisotopic (exact) mass is 360 g/mol. The Bertz CT molecular complexity index is 870. The number of amides is 2. The fraction of sp³-hybridized carbons (Fsp3) is 0.304. The number of benzene rings is 2. The van der Waals surface area contributed by atoms with Crippen LogP contribution in [0.5, 0.6) is 0 Å². The van der Waals surface area contributed by atoms with E-state index >= 15 is 0 Å². The Kier molecular flexibility index (Phi) is 5.05. The molecule has 0 bridgehead atoms. The molecular formula is C23H24N2O2. The Morgan fingerprint density at radius 1 is 1.04 bits per heavy atom. The third kappa shape index (κ3) is 4.11. The van der Waals surface area contributed by atoms with Gasteiger partial charge in [0.25, 0.3) is 0 Å². The van der Waals surface area contributed by atoms with Crippen LogP contribution in [-0.2, 0) is 22.4 Å². The molecule has 0 spiro atoms. The van der Waals surface area contributed by atoms with Gasteiger partial charge in [0, 0.05) is 30.8 Å². The first kappa shape index (κ1) is 17.5. The van der Waals surface area contributed by atoms with Crippen LogP contribution in [0.2, 0.25) is 0 Å². The van der Waals surface area contributed by atoms with E-state index in [1.54, 1.807) is 6.08 Å². The average molecular weight is 360 g/mol. The molecule has 1 unspecified atom stereocenters. The van der Waals surface area contributed by atoms with E-state index in [0.717, 1.165) is 43.5 Å². The van der Waals surface area contributed by atoms with E-state index in [1.807, 2.05) is 35.2 Å². The van der Waals surface area contributed by atoms with Gasteiger partial charge in [0.15, 0.2) is 0 Å². The first-order valence-corrected chi connectivity index (χ1v) is 9.65. The maximum atomic E-state index is 12.3. The molecule has 4 rings (SSSR count). The summed E-state index contributed by atoms with van der Waals surface area (Å²) in [6.45, 7) is 0.793. The SMILES string of the molecule is O=C(/C=C/c1ccc(N2CCCC2=O)cc1)NC1CCc2ccccc2C1. The summed E-state index contributed by atoms with van der Waals surface area (Å²) in [5.41, 5.74) is 4.62. The van der Waals surface area contributed by atoms with E-state index in [1.165, 1.54) is 11.1 Å². The van der Waals surface area contributed by atoms with Gasteiger partial charge in [0.05, 0.1) is 0 Å². The molecule has 4 nitrogen and oxygen atoms in total. The van der Waals surface area contributed by atoms with Gasteiger partial charge in [-0.15, -0.1) is 0 Å². The summed E-state index contributed by atoms with van der Waals surface area (Å²) >= 11 is 0. The minimum atomic E-state index is -0.0572. The van der Waals surface area contributed by atoms with Crippen molar-refractivity contribution in [3.63, 3.8) is 0 Å². The molecule has 2 amide bonds. The smallest absolute Gasteiger partial charge is 0.244 e. The highest BCUT2D eigenvalue weighted by molar-refractivity contribution is 5.95. The van der Waals surface area contributed by atoms with E-state index in [4.69, 9.17) is 0 Å². The van der Waals surface area contributed by atoms with Crippen molar-refractivity contribution in [2.24, 2.45) is 0 Å². The lowest BCUT2D eigenvalue weighted by molar-refractivity contribution is -0.117. The van der Waals surface area contributed by atoms with Crippen molar-refractivity contribution in [3.8, 4) is 0 Å². The number of carbonyl (C=O) groups is 2. The number of aryl methyl sites for hydroxylation is 1. The quantitative estimate of drug-likeness (QED) is 0.849. The van der Waals surface area contributed by atoms with Gasteiger partial charge >= 0.3 is 0 Å². The van der Waals surface area contributed by atoms with E-state index in [9.17, 15) is 9.59 Å². The number of fused-ring (bicyclic) bond motifs is 1. The predicted molar refractivity (Wildman–Crippen MR) is 107 cm³/mol. The van der Waals surface area contributed by atoms with E-state index in [2.05, 4.69) is 29.6 Å². The van der Waals surface area contributed by atoms with Gasteiger partial charge in [-0.1, -0.05) is 36.4 Å². The van der Waals surface area contributed by atoms with Gasteiger partial charge in [0.1, 0.15) is 0 Å². The van der Waals surface area contributed by atoms with E-state index in [0.29, 0.717) is 6.42 Å². The lowest BCUT2D eigenvalue weighted by atomic mass is 9.88. The van der Waals surface area contributed by atoms with Crippen molar-refractivity contribution in [1.82, 2.24) is 5.32 Å². The molecule has 138 valence electrons. The Hall–Kier alpha value is -2.88. The first-order valence-electron chi connectivity index (χ1n) is 9.65. The number of carbonyl (C=O) groups excluding carboxylic acids is 2. The standard InChI is InChI=1S/C23H24N2O2/c26-22(24-20-11-10-18-4-1-2-5-19(18)16-20)14-9-17-7-12-21(13-8-17)25-15-3-6-23(25)27/h1-2,4-5,7-9,12-14,20H,3,6,10-11,15-16H2,(H,24,26)/b14-9+. The van der Waals surface area contributed by atoms with Crippen molar-refractivity contribution < 1.29 is 9.59 Å². The second-order valence-electron chi connectivity index (χ2n) is 7.29. The zero-order valence-corrected chi connectivity index (χ0v) is 15.4. The molecule has 1 aliphatic heterocycles. The maximum Gasteiger partial charge on any atom is 0.244 e. The van der Waals surface area contributed by atoms with Gasteiger partial charge in [-0.2, -0.15) is 0 Å². The summed E-state index contributed by atoms with van der Waals surface area (Å²) in [6, 6.07) is 16.4. The summed E-state index contributed by atoms with van der Waals surface area (Å²) in [7, 11) is 0. The number of nitrogens with zero attached hydrogens (tertiary/aromatic N) is 1. The highest BCUT2D eigenvalue weighted by Crippen LogP contribution is 2.22. The highest BCUT2D eigenvalue weighted by atomic mass is 16.2. The zero-order valence-electron chi connectivity index (χ0n) is 15.4. The van der Waals surface area contributed by atoms with Crippen LogP contribution >= 0.6 is 0 Å². The molecule has 0 aromatic heterocycles. The molecule has 1 aliphatic carbocycles. The zero-order chi connectivity index (χ0) is 18.6. The molecule has 4 heteroatoms. The summed E-state index contributed by atoms with van der Waals surface area (Å²) in [5, 5.41) is 3.11. The maximum absolute atomic E-state index is 12.3. The van der Waals surface area contributed by atoms with Crippen LogP contribution in [0.4, 0.5) is 5.69 Å². The largest absolute Gasteiger partial charge is 0.349 e. The van der Waals surface area contributed by atoms with Crippen molar-refractivity contribution in [1.29, 1.82) is 0 Å². The average Bonchev–Trinajstić information content (AvgIpc) is 3.12. The summed E-state index contributed by atoms with van der Waals surface area (Å²) in [5.74, 6) is 0.130. The minimum absolute atomic E-state index is 0.0572. The molecule has 1 fully saturated rings. The van der Waals surface area contributed by atoms with Gasteiger partial charge in [-0.25, -0.2) is 0 Å². The van der Waals surface area contributed by atoms with Crippen LogP contribution in [0, 0.1) is 0 Å². The summed E-state index contributed by atoms with van der Waals surface area (Å²) in [4.78, 5) is 25.9. The molecule has 1 N–H and O–H groups in total. The predicted octanol–water partition coefficient (Wildman–Crippen LogP) is 3.50. The molecule has 0 saturated carbocycles. The molecule has 2 aliphatic rings. The normalized spacial score (nSPS) is 19.3. The fourth-order valence-corrected chi connectivity index (χ4v) is 3.93. The van der Waals surface area contributed by atoms with Crippen molar-refractivity contribution in [2.45, 2.75) is 38.1 Å². The molecule has 1 heterocycles. The summed E-state index contributed by atoms with van der Waals surface area (Å²) in [6.07, 6.45) is 7.86. The fourth-order valence-electron chi connectivity index (χ4n) is 3.93. The van der Waals surface area contributed by atoms with Gasteiger partial charge < -0.3 is 10.2 Å². The van der Waals surface area contributed by atoms with Crippen LogP contribution in [0.1, 0.15) is 36.0 Å². The van der Waals surface area contributed by atoms with Crippen molar-refractivity contribution >= 4 is 23.6 Å². The second-order valence-corrected chi connectivity index (χ2v) is 7.29. The van der Waals surface area contributed by atoms with E-state index in [-0.39, 0.29) is 17.9 Å². The lowest BCUT2D eigenvalue weighted by Crippen LogP contribution is -2.37. The molecular weight excluding hydrogens is 336 g/mol. The third-order valence-corrected chi connectivity index (χ3v) is 5.40. The number of nitrogens with one attached hydrogen (secondary N) is 1. The van der Waals surface area contributed by atoms with Gasteiger partial charge in [0.2, 0.25) is 11.8 Å². The number of rotatable bonds is 4. The van der Waals surface area contributed by atoms with Crippen LogP contribution in [0.25, 0.3) is 6.08 Å². The van der Waals surface area contributed by atoms with Crippen LogP contribution in [0.3, 0.4) is 0 Å². The Morgan fingerprint density at radius 2 is 1.81 bits per heavy atom. The minimum Gasteiger partial charge on any atom is -0.349 e. The molecule has 0 radical (unpaired) electrons. The van der Waals surface area contributed by atoms with E-state index < -0.39 is 0 Å². The van der Waals surface area contributed by atoms with Crippen LogP contribution in [-0.4, -0.2) is 24.4 Å². The number of hydrogen-bond acceptors (Lipinski definition) is 2. The molecule has 2 aromatic rings. The molecule has 1 saturated heterocycles. The third-order valence-electron chi connectivity index (χ3n) is 5.40.